The highest BCUT2D eigenvalue weighted by Gasteiger charge is 2.33. The van der Waals surface area contributed by atoms with Crippen molar-refractivity contribution in [2.45, 2.75) is 39.8 Å². The van der Waals surface area contributed by atoms with Gasteiger partial charge in [0.05, 0.1) is 11.9 Å². The van der Waals surface area contributed by atoms with Crippen LogP contribution in [0.25, 0.3) is 0 Å². The summed E-state index contributed by atoms with van der Waals surface area (Å²) >= 11 is 3.42. The van der Waals surface area contributed by atoms with Crippen LogP contribution < -0.4 is 9.62 Å². The van der Waals surface area contributed by atoms with E-state index in [0.717, 1.165) is 26.2 Å². The van der Waals surface area contributed by atoms with Crippen LogP contribution in [-0.4, -0.2) is 50.5 Å². The second kappa shape index (κ2) is 13.9. The Balaban J connectivity index is 2.07. The van der Waals surface area contributed by atoms with Crippen molar-refractivity contribution >= 4 is 43.5 Å². The molecule has 0 aliphatic carbocycles. The Hall–Kier alpha value is -3.24. The molecule has 214 valence electrons. The minimum atomic E-state index is -3.89. The van der Waals surface area contributed by atoms with Crippen LogP contribution >= 0.6 is 15.9 Å². The van der Waals surface area contributed by atoms with Gasteiger partial charge < -0.3 is 10.2 Å². The summed E-state index contributed by atoms with van der Waals surface area (Å²) in [6, 6.07) is 19.2. The normalized spacial score (nSPS) is 12.2. The maximum absolute atomic E-state index is 14.8. The number of benzene rings is 3. The molecule has 0 aliphatic heterocycles. The average molecular weight is 633 g/mol. The minimum absolute atomic E-state index is 0.165. The van der Waals surface area contributed by atoms with Crippen molar-refractivity contribution in [1.82, 2.24) is 10.2 Å². The second-order valence-electron chi connectivity index (χ2n) is 10.2. The fraction of sp³-hybridized carbons (Fsp3) is 0.333. The first-order valence-electron chi connectivity index (χ1n) is 12.9. The van der Waals surface area contributed by atoms with Gasteiger partial charge in [-0.3, -0.25) is 13.9 Å². The quantitative estimate of drug-likeness (QED) is 0.302. The van der Waals surface area contributed by atoms with Gasteiger partial charge in [0.15, 0.2) is 0 Å². The van der Waals surface area contributed by atoms with E-state index in [1.54, 1.807) is 36.4 Å². The van der Waals surface area contributed by atoms with Gasteiger partial charge in [-0.05, 0) is 48.2 Å². The molecule has 0 heterocycles. The molecule has 7 nitrogen and oxygen atoms in total. The highest BCUT2D eigenvalue weighted by Crippen LogP contribution is 2.25. The fourth-order valence-corrected chi connectivity index (χ4v) is 5.27. The van der Waals surface area contributed by atoms with E-state index in [-0.39, 0.29) is 24.4 Å². The molecule has 40 heavy (non-hydrogen) atoms. The molecule has 10 heteroatoms. The van der Waals surface area contributed by atoms with Gasteiger partial charge >= 0.3 is 0 Å². The lowest BCUT2D eigenvalue weighted by Gasteiger charge is -2.33. The molecular formula is C30H35BrFN3O4S. The predicted molar refractivity (Wildman–Crippen MR) is 160 cm³/mol. The van der Waals surface area contributed by atoms with Crippen LogP contribution in [0.4, 0.5) is 10.1 Å². The first-order chi connectivity index (χ1) is 18.9. The van der Waals surface area contributed by atoms with Crippen LogP contribution in [0.3, 0.4) is 0 Å². The Bertz CT molecular complexity index is 1430. The van der Waals surface area contributed by atoms with Crippen molar-refractivity contribution < 1.29 is 22.4 Å². The number of nitrogens with one attached hydrogen (secondary N) is 1. The van der Waals surface area contributed by atoms with Gasteiger partial charge in [0.2, 0.25) is 21.8 Å². The largest absolute Gasteiger partial charge is 0.354 e. The van der Waals surface area contributed by atoms with Gasteiger partial charge in [0.25, 0.3) is 0 Å². The third-order valence-corrected chi connectivity index (χ3v) is 8.39. The predicted octanol–water partition coefficient (Wildman–Crippen LogP) is 5.07. The Labute approximate surface area is 244 Å². The standard InChI is InChI=1S/C30H35BrFN3O4S/c1-21(2)18-33-30(37)28(17-23-10-6-5-7-11-23)34(19-24-12-8-9-13-27(24)32)29(36)20-35(40(4,38)39)25-14-15-26(31)22(3)16-25/h5-16,21,28H,17-20H2,1-4H3,(H,33,37). The van der Waals surface area contributed by atoms with Crippen molar-refractivity contribution in [2.24, 2.45) is 5.92 Å². The number of aryl methyl sites for hydroxylation is 1. The van der Waals surface area contributed by atoms with Crippen molar-refractivity contribution in [2.75, 3.05) is 23.7 Å². The Kier molecular flexibility index (Phi) is 10.9. The summed E-state index contributed by atoms with van der Waals surface area (Å²) in [6.07, 6.45) is 1.19. The summed E-state index contributed by atoms with van der Waals surface area (Å²) < 4.78 is 42.4. The number of amides is 2. The highest BCUT2D eigenvalue weighted by atomic mass is 79.9. The molecule has 3 rings (SSSR count). The Morgan fingerprint density at radius 2 is 1.65 bits per heavy atom. The number of anilines is 1. The van der Waals surface area contributed by atoms with Crippen molar-refractivity contribution in [3.8, 4) is 0 Å². The molecule has 0 saturated heterocycles. The molecule has 0 bridgehead atoms. The molecule has 2 amide bonds. The Morgan fingerprint density at radius 3 is 2.25 bits per heavy atom. The van der Waals surface area contributed by atoms with E-state index in [4.69, 9.17) is 0 Å². The lowest BCUT2D eigenvalue weighted by atomic mass is 10.0. The average Bonchev–Trinajstić information content (AvgIpc) is 2.90. The van der Waals surface area contributed by atoms with Crippen LogP contribution in [0.1, 0.15) is 30.5 Å². The van der Waals surface area contributed by atoms with E-state index >= 15 is 0 Å². The number of carbonyl (C=O) groups excluding carboxylic acids is 2. The van der Waals surface area contributed by atoms with Crippen LogP contribution in [-0.2, 0) is 32.6 Å². The molecule has 1 atom stereocenters. The van der Waals surface area contributed by atoms with Crippen molar-refractivity contribution in [3.05, 3.63) is 99.8 Å². The van der Waals surface area contributed by atoms with Crippen LogP contribution in [0, 0.1) is 18.7 Å². The summed E-state index contributed by atoms with van der Waals surface area (Å²) in [4.78, 5) is 28.9. The second-order valence-corrected chi connectivity index (χ2v) is 12.9. The molecule has 1 N–H and O–H groups in total. The smallest absolute Gasteiger partial charge is 0.244 e. The summed E-state index contributed by atoms with van der Waals surface area (Å²) in [5.74, 6) is -1.38. The summed E-state index contributed by atoms with van der Waals surface area (Å²) in [5, 5.41) is 2.90. The number of hydrogen-bond donors (Lipinski definition) is 1. The minimum Gasteiger partial charge on any atom is -0.354 e. The lowest BCUT2D eigenvalue weighted by Crippen LogP contribution is -2.53. The number of nitrogens with zero attached hydrogens (tertiary/aromatic N) is 2. The zero-order valence-corrected chi connectivity index (χ0v) is 25.5. The molecule has 0 aromatic heterocycles. The van der Waals surface area contributed by atoms with Crippen molar-refractivity contribution in [1.29, 1.82) is 0 Å². The molecule has 0 saturated carbocycles. The highest BCUT2D eigenvalue weighted by molar-refractivity contribution is 9.10. The van der Waals surface area contributed by atoms with Crippen molar-refractivity contribution in [3.63, 3.8) is 0 Å². The number of sulfonamides is 1. The lowest BCUT2D eigenvalue weighted by molar-refractivity contribution is -0.140. The van der Waals surface area contributed by atoms with Gasteiger partial charge in [0, 0.05) is 29.5 Å². The van der Waals surface area contributed by atoms with E-state index in [1.165, 1.54) is 11.0 Å². The van der Waals surface area contributed by atoms with Crippen LogP contribution in [0.5, 0.6) is 0 Å². The summed E-state index contributed by atoms with van der Waals surface area (Å²) in [7, 11) is -3.89. The number of carbonyl (C=O) groups is 2. The fourth-order valence-electron chi connectivity index (χ4n) is 4.18. The monoisotopic (exact) mass is 631 g/mol. The maximum Gasteiger partial charge on any atom is 0.244 e. The molecule has 0 radical (unpaired) electrons. The first-order valence-corrected chi connectivity index (χ1v) is 15.6. The molecule has 0 aliphatic rings. The topological polar surface area (TPSA) is 86.8 Å². The molecule has 0 spiro atoms. The van der Waals surface area contributed by atoms with E-state index < -0.39 is 40.2 Å². The van der Waals surface area contributed by atoms with Gasteiger partial charge in [-0.15, -0.1) is 0 Å². The molecule has 3 aromatic carbocycles. The summed E-state index contributed by atoms with van der Waals surface area (Å²) in [5.41, 5.74) is 2.13. The number of halogens is 2. The number of hydrogen-bond acceptors (Lipinski definition) is 4. The third-order valence-electron chi connectivity index (χ3n) is 6.36. The van der Waals surface area contributed by atoms with E-state index in [0.29, 0.717) is 12.2 Å². The molecule has 0 fully saturated rings. The zero-order valence-electron chi connectivity index (χ0n) is 23.1. The zero-order chi connectivity index (χ0) is 29.4. The molecular weight excluding hydrogens is 597 g/mol. The van der Waals surface area contributed by atoms with Crippen LogP contribution in [0.2, 0.25) is 0 Å². The Morgan fingerprint density at radius 1 is 1.00 bits per heavy atom. The van der Waals surface area contributed by atoms with Gasteiger partial charge in [-0.25, -0.2) is 12.8 Å². The third kappa shape index (κ3) is 8.63. The van der Waals surface area contributed by atoms with Gasteiger partial charge in [-0.1, -0.05) is 78.3 Å². The van der Waals surface area contributed by atoms with Gasteiger partial charge in [0.1, 0.15) is 18.4 Å². The first kappa shape index (κ1) is 31.3. The van der Waals surface area contributed by atoms with E-state index in [2.05, 4.69) is 21.2 Å². The SMILES string of the molecule is Cc1cc(N(CC(=O)N(Cc2ccccc2F)C(Cc2ccccc2)C(=O)NCC(C)C)S(C)(=O)=O)ccc1Br. The van der Waals surface area contributed by atoms with Gasteiger partial charge in [-0.2, -0.15) is 0 Å². The maximum atomic E-state index is 14.8. The molecule has 1 unspecified atom stereocenters. The molecule has 3 aromatic rings. The number of rotatable bonds is 12. The summed E-state index contributed by atoms with van der Waals surface area (Å²) in [6.45, 7) is 5.35. The van der Waals surface area contributed by atoms with Crippen LogP contribution in [0.15, 0.2) is 77.3 Å². The van der Waals surface area contributed by atoms with E-state index in [9.17, 15) is 22.4 Å². The van der Waals surface area contributed by atoms with E-state index in [1.807, 2.05) is 51.1 Å².